The summed E-state index contributed by atoms with van der Waals surface area (Å²) in [7, 11) is 0. The maximum atomic E-state index is 8.30. The zero-order valence-electron chi connectivity index (χ0n) is 19.6. The molecule has 9 heteroatoms. The van der Waals surface area contributed by atoms with Gasteiger partial charge >= 0.3 is 0 Å². The van der Waals surface area contributed by atoms with Crippen LogP contribution in [0.25, 0.3) is 0 Å². The van der Waals surface area contributed by atoms with Gasteiger partial charge in [0.25, 0.3) is 0 Å². The van der Waals surface area contributed by atoms with Crippen molar-refractivity contribution in [1.29, 1.82) is 0 Å². The van der Waals surface area contributed by atoms with Crippen LogP contribution in [-0.4, -0.2) is 109 Å². The lowest BCUT2D eigenvalue weighted by atomic mass is 10.5. The third-order valence-electron chi connectivity index (χ3n) is 2.89. The van der Waals surface area contributed by atoms with E-state index in [2.05, 4.69) is 20.8 Å². The predicted octanol–water partition coefficient (Wildman–Crippen LogP) is 1.87. The second kappa shape index (κ2) is 43.5. The Morgan fingerprint density at radius 3 is 0.935 bits per heavy atom. The van der Waals surface area contributed by atoms with Crippen molar-refractivity contribution in [3.05, 3.63) is 0 Å². The molecule has 0 saturated carbocycles. The van der Waals surface area contributed by atoms with Crippen molar-refractivity contribution >= 4 is 0 Å². The molecule has 0 aromatic heterocycles. The first-order chi connectivity index (χ1) is 14.7. The SMILES string of the molecule is C.CCCOCCOCCN.CCCOCCOCCO.CCCOCCOCCO. The van der Waals surface area contributed by atoms with Crippen LogP contribution in [0.1, 0.15) is 47.5 Å². The first-order valence-electron chi connectivity index (χ1n) is 11.1. The molecule has 0 aromatic rings. The number of aliphatic hydroxyl groups is 2. The highest BCUT2D eigenvalue weighted by atomic mass is 16.5. The Kier molecular flexibility index (Phi) is 53.2. The van der Waals surface area contributed by atoms with Gasteiger partial charge in [-0.15, -0.1) is 0 Å². The Morgan fingerprint density at radius 1 is 0.452 bits per heavy atom. The summed E-state index contributed by atoms with van der Waals surface area (Å²) in [6.07, 6.45) is 3.15. The van der Waals surface area contributed by atoms with Gasteiger partial charge in [-0.1, -0.05) is 28.2 Å². The summed E-state index contributed by atoms with van der Waals surface area (Å²) < 4.78 is 30.4. The summed E-state index contributed by atoms with van der Waals surface area (Å²) >= 11 is 0. The average Bonchev–Trinajstić information content (AvgIpc) is 2.77. The number of aliphatic hydroxyl groups excluding tert-OH is 2. The number of hydrogen-bond acceptors (Lipinski definition) is 9. The minimum absolute atomic E-state index is 0. The van der Waals surface area contributed by atoms with Gasteiger partial charge in [0.1, 0.15) is 0 Å². The van der Waals surface area contributed by atoms with Gasteiger partial charge in [-0.3, -0.25) is 0 Å². The molecule has 31 heavy (non-hydrogen) atoms. The van der Waals surface area contributed by atoms with Crippen LogP contribution >= 0.6 is 0 Å². The van der Waals surface area contributed by atoms with Gasteiger partial charge < -0.3 is 44.4 Å². The van der Waals surface area contributed by atoms with Crippen molar-refractivity contribution in [3.63, 3.8) is 0 Å². The van der Waals surface area contributed by atoms with Gasteiger partial charge in [0.05, 0.1) is 72.7 Å². The smallest absolute Gasteiger partial charge is 0.0701 e. The monoisotopic (exact) mass is 459 g/mol. The summed E-state index contributed by atoms with van der Waals surface area (Å²) in [4.78, 5) is 0. The Labute approximate surface area is 191 Å². The average molecular weight is 460 g/mol. The molecule has 0 atom stereocenters. The summed E-state index contributed by atoms with van der Waals surface area (Å²) in [6.45, 7) is 14.6. The van der Waals surface area contributed by atoms with Crippen LogP contribution in [0.5, 0.6) is 0 Å². The van der Waals surface area contributed by atoms with Crippen LogP contribution in [0.3, 0.4) is 0 Å². The Balaban J connectivity index is -0.000000174. The Morgan fingerprint density at radius 2 is 0.710 bits per heavy atom. The van der Waals surface area contributed by atoms with E-state index >= 15 is 0 Å². The van der Waals surface area contributed by atoms with Gasteiger partial charge in [-0.2, -0.15) is 0 Å². The quantitative estimate of drug-likeness (QED) is 0.221. The molecule has 0 aliphatic carbocycles. The zero-order valence-corrected chi connectivity index (χ0v) is 19.6. The van der Waals surface area contributed by atoms with E-state index in [0.29, 0.717) is 66.0 Å². The van der Waals surface area contributed by atoms with E-state index in [1.807, 2.05) is 0 Å². The molecule has 0 aliphatic rings. The molecular formula is C22H53NO8. The van der Waals surface area contributed by atoms with E-state index in [1.165, 1.54) is 0 Å². The molecule has 0 unspecified atom stereocenters. The number of ether oxygens (including phenoxy) is 6. The second-order valence-corrected chi connectivity index (χ2v) is 5.91. The number of nitrogens with two attached hydrogens (primary N) is 1. The first kappa shape index (κ1) is 37.9. The lowest BCUT2D eigenvalue weighted by Gasteiger charge is -2.02. The van der Waals surface area contributed by atoms with Crippen molar-refractivity contribution in [2.45, 2.75) is 47.5 Å². The van der Waals surface area contributed by atoms with Crippen molar-refractivity contribution in [3.8, 4) is 0 Å². The van der Waals surface area contributed by atoms with Gasteiger partial charge in [0, 0.05) is 26.4 Å². The molecule has 0 bridgehead atoms. The van der Waals surface area contributed by atoms with Crippen LogP contribution in [0.2, 0.25) is 0 Å². The third kappa shape index (κ3) is 53.2. The van der Waals surface area contributed by atoms with Crippen molar-refractivity contribution in [2.24, 2.45) is 5.73 Å². The van der Waals surface area contributed by atoms with Gasteiger partial charge in [0.15, 0.2) is 0 Å². The molecule has 4 N–H and O–H groups in total. The predicted molar refractivity (Wildman–Crippen MR) is 126 cm³/mol. The van der Waals surface area contributed by atoms with E-state index < -0.39 is 0 Å². The zero-order chi connectivity index (χ0) is 23.0. The van der Waals surface area contributed by atoms with Gasteiger partial charge in [-0.25, -0.2) is 0 Å². The molecule has 9 nitrogen and oxygen atoms in total. The van der Waals surface area contributed by atoms with E-state index in [9.17, 15) is 0 Å². The number of hydrogen-bond donors (Lipinski definition) is 3. The highest BCUT2D eigenvalue weighted by Gasteiger charge is 1.87. The third-order valence-corrected chi connectivity index (χ3v) is 2.89. The second-order valence-electron chi connectivity index (χ2n) is 5.91. The molecule has 0 spiro atoms. The fourth-order valence-corrected chi connectivity index (χ4v) is 1.61. The van der Waals surface area contributed by atoms with Crippen LogP contribution in [0.4, 0.5) is 0 Å². The van der Waals surface area contributed by atoms with Crippen molar-refractivity contribution < 1.29 is 38.6 Å². The Hall–Kier alpha value is -0.360. The van der Waals surface area contributed by atoms with Crippen LogP contribution < -0.4 is 5.73 Å². The normalized spacial score (nSPS) is 9.87. The minimum atomic E-state index is 0. The maximum absolute atomic E-state index is 8.30. The minimum Gasteiger partial charge on any atom is -0.394 e. The topological polar surface area (TPSA) is 122 Å². The Bertz CT molecular complexity index is 190. The van der Waals surface area contributed by atoms with E-state index in [0.717, 1.165) is 39.1 Å². The largest absolute Gasteiger partial charge is 0.394 e. The molecule has 0 aromatic carbocycles. The molecule has 0 rings (SSSR count). The van der Waals surface area contributed by atoms with Crippen molar-refractivity contribution in [2.75, 3.05) is 99.0 Å². The van der Waals surface area contributed by atoms with Crippen LogP contribution in [0, 0.1) is 0 Å². The van der Waals surface area contributed by atoms with Crippen LogP contribution in [0.15, 0.2) is 0 Å². The summed E-state index contributed by atoms with van der Waals surface area (Å²) in [5, 5.41) is 16.6. The summed E-state index contributed by atoms with van der Waals surface area (Å²) in [5.41, 5.74) is 5.20. The maximum Gasteiger partial charge on any atom is 0.0701 e. The fraction of sp³-hybridized carbons (Fsp3) is 1.00. The molecule has 194 valence electrons. The molecule has 0 fully saturated rings. The molecule has 0 amide bonds. The van der Waals surface area contributed by atoms with Crippen molar-refractivity contribution in [1.82, 2.24) is 0 Å². The standard InChI is InChI=1S/C7H17NO2.2C7H16O3.CH4/c3*1-2-4-9-6-7-10-5-3-8;/h2-8H2,1H3;2*8H,2-7H2,1H3;1H4. The van der Waals surface area contributed by atoms with E-state index in [-0.39, 0.29) is 20.6 Å². The lowest BCUT2D eigenvalue weighted by Crippen LogP contribution is -2.12. The fourth-order valence-electron chi connectivity index (χ4n) is 1.61. The van der Waals surface area contributed by atoms with Gasteiger partial charge in [-0.05, 0) is 19.3 Å². The van der Waals surface area contributed by atoms with Crippen LogP contribution in [-0.2, 0) is 28.4 Å². The molecular weight excluding hydrogens is 406 g/mol. The molecule has 0 saturated heterocycles. The first-order valence-corrected chi connectivity index (χ1v) is 11.1. The summed E-state index contributed by atoms with van der Waals surface area (Å²) in [6, 6.07) is 0. The molecule has 0 aliphatic heterocycles. The van der Waals surface area contributed by atoms with E-state index in [4.69, 9.17) is 44.4 Å². The summed E-state index contributed by atoms with van der Waals surface area (Å²) in [5.74, 6) is 0. The molecule has 0 heterocycles. The molecule has 0 radical (unpaired) electrons. The van der Waals surface area contributed by atoms with Gasteiger partial charge in [0.2, 0.25) is 0 Å². The number of rotatable bonds is 21. The highest BCUT2D eigenvalue weighted by molar-refractivity contribution is 4.33. The highest BCUT2D eigenvalue weighted by Crippen LogP contribution is 1.82. The lowest BCUT2D eigenvalue weighted by molar-refractivity contribution is 0.0333. The van der Waals surface area contributed by atoms with E-state index in [1.54, 1.807) is 0 Å².